The molecule has 0 aliphatic carbocycles. The van der Waals surface area contributed by atoms with Gasteiger partial charge < -0.3 is 89.1 Å². The molecule has 0 saturated carbocycles. The average Bonchev–Trinajstić information content (AvgIpc) is 1.81. The zero-order chi connectivity index (χ0) is 69.8. The Hall–Kier alpha value is -8.78. The van der Waals surface area contributed by atoms with E-state index in [0.717, 1.165) is 50.3 Å². The van der Waals surface area contributed by atoms with Crippen molar-refractivity contribution in [2.24, 2.45) is 23.5 Å². The summed E-state index contributed by atoms with van der Waals surface area (Å²) in [6.45, 7) is 8.75. The first-order valence-corrected chi connectivity index (χ1v) is 31.6. The van der Waals surface area contributed by atoms with Crippen molar-refractivity contribution in [3.8, 4) is 0 Å². The van der Waals surface area contributed by atoms with Crippen molar-refractivity contribution in [2.45, 2.75) is 224 Å². The van der Waals surface area contributed by atoms with Crippen LogP contribution in [0.15, 0.2) is 12.2 Å². The predicted octanol–water partition coefficient (Wildman–Crippen LogP) is -2.63. The number of aliphatic carboxylic acids is 4. The molecule has 3 aliphatic rings. The number of nitrogens with two attached hydrogens (primary N) is 1. The van der Waals surface area contributed by atoms with Crippen LogP contribution in [0.1, 0.15) is 158 Å². The van der Waals surface area contributed by atoms with Gasteiger partial charge in [0.15, 0.2) is 0 Å². The summed E-state index contributed by atoms with van der Waals surface area (Å²) in [5, 5.41) is 62.3. The Balaban J connectivity index is 2.14. The number of carboxylic acid groups (broad SMARTS) is 4. The number of carboxylic acids is 4. The van der Waals surface area contributed by atoms with Gasteiger partial charge in [-0.2, -0.15) is 0 Å². The molecule has 13 atom stereocenters. The van der Waals surface area contributed by atoms with Gasteiger partial charge in [-0.15, -0.1) is 0 Å². The second-order valence-electron chi connectivity index (χ2n) is 24.3. The molecule has 3 heterocycles. The highest BCUT2D eigenvalue weighted by atomic mass is 16.4. The summed E-state index contributed by atoms with van der Waals surface area (Å²) < 4.78 is 0. The van der Waals surface area contributed by atoms with Gasteiger partial charge in [0.25, 0.3) is 0 Å². The first-order chi connectivity index (χ1) is 43.8. The minimum absolute atomic E-state index is 0.0224. The van der Waals surface area contributed by atoms with Gasteiger partial charge in [0.2, 0.25) is 70.9 Å². The number of unbranched alkanes of at least 4 members (excludes halogenated alkanes) is 5. The van der Waals surface area contributed by atoms with E-state index >= 15 is 4.79 Å². The van der Waals surface area contributed by atoms with Crippen LogP contribution in [0.3, 0.4) is 0 Å². The predicted molar refractivity (Wildman–Crippen MR) is 329 cm³/mol. The molecule has 0 aromatic carbocycles. The molecular formula is C60H95N13O20. The topological polar surface area (TPSA) is 507 Å². The summed E-state index contributed by atoms with van der Waals surface area (Å²) in [5.74, 6) is -21.8. The van der Waals surface area contributed by atoms with Gasteiger partial charge in [-0.3, -0.25) is 76.7 Å². The van der Waals surface area contributed by atoms with E-state index in [4.69, 9.17) is 5.73 Å². The molecular weight excluding hydrogens is 1220 g/mol. The van der Waals surface area contributed by atoms with E-state index in [1.807, 2.05) is 10.6 Å². The van der Waals surface area contributed by atoms with Crippen LogP contribution in [0, 0.1) is 17.8 Å². The quantitative estimate of drug-likeness (QED) is 0.0347. The van der Waals surface area contributed by atoms with Gasteiger partial charge in [0, 0.05) is 25.6 Å². The summed E-state index contributed by atoms with van der Waals surface area (Å²) in [6.07, 6.45) is 8.40. The first kappa shape index (κ1) is 78.5. The molecule has 3 saturated heterocycles. The molecule has 16 N–H and O–H groups in total. The lowest BCUT2D eigenvalue weighted by Crippen LogP contribution is -2.66. The minimum Gasteiger partial charge on any atom is -0.481 e. The Bertz CT molecular complexity index is 2740. The fraction of sp³-hybridized carbons (Fsp3) is 0.700. The van der Waals surface area contributed by atoms with Gasteiger partial charge >= 0.3 is 23.9 Å². The largest absolute Gasteiger partial charge is 0.481 e. The number of carbonyl (C=O) groups excluding carboxylic acids is 12. The van der Waals surface area contributed by atoms with Gasteiger partial charge in [0.1, 0.15) is 54.4 Å². The van der Waals surface area contributed by atoms with Crippen LogP contribution in [0.5, 0.6) is 0 Å². The fourth-order valence-corrected chi connectivity index (χ4v) is 10.7. The maximum Gasteiger partial charge on any atom is 0.308 e. The molecule has 33 heteroatoms. The SMILES string of the molecule is CCC(C)CCCCCCCC=CCC(=O)NC(CC(=O)O)C(=O)NC1C(=O)N2CCCCC2C(=O)NC(C(C)C(=O)O)C(=O)NC(CC(=O)O)C(=O)NCC(=O)NC(CC(=O)O)C(=O)NCC(=O)NC(C(C)N)C(=O)NC(C(C)C)C(=O)N2CCCC2C(=O)NC1C. The smallest absolute Gasteiger partial charge is 0.308 e. The molecule has 0 radical (unpaired) electrons. The summed E-state index contributed by atoms with van der Waals surface area (Å²) in [4.78, 5) is 219. The number of amides is 12. The molecule has 0 spiro atoms. The van der Waals surface area contributed by atoms with Gasteiger partial charge in [-0.25, -0.2) is 0 Å². The Labute approximate surface area is 539 Å². The standard InChI is InChI=1S/C60H95N13O20/c1-8-32(4)20-15-13-11-9-10-12-14-16-23-41(74)65-38(28-46(81)82)53(85)71-50-35(7)64-54(86)40-22-19-25-73(40)58(90)47(31(2)3)69-57(89)49(34(6)61)68-43(76)30-63-51(83)36(26-44(77)78)66-42(75)29-62-52(84)37(27-45(79)80)67-56(88)48(33(5)60(92)93)70-55(87)39-21-17-18-24-72(39)59(50)91/h14,16,31-40,47-50H,8-13,15,17-30,61H2,1-7H3,(H,62,84)(H,63,83)(H,64,86)(H,65,74)(H,66,75)(H,67,88)(H,68,76)(H,69,89)(H,70,87)(H,71,85)(H,77,78)(H,79,80)(H,81,82)(H,92,93). The molecule has 520 valence electrons. The highest BCUT2D eigenvalue weighted by Crippen LogP contribution is 2.24. The zero-order valence-corrected chi connectivity index (χ0v) is 53.9. The fourth-order valence-electron chi connectivity index (χ4n) is 10.7. The van der Waals surface area contributed by atoms with E-state index in [1.54, 1.807) is 26.0 Å². The summed E-state index contributed by atoms with van der Waals surface area (Å²) in [5.41, 5.74) is 6.12. The van der Waals surface area contributed by atoms with Crippen LogP contribution >= 0.6 is 0 Å². The number of hydrogen-bond donors (Lipinski definition) is 15. The monoisotopic (exact) mass is 1320 g/mol. The molecule has 12 amide bonds. The van der Waals surface area contributed by atoms with E-state index in [-0.39, 0.29) is 51.6 Å². The number of allylic oxidation sites excluding steroid dienone is 1. The number of carbonyl (C=O) groups is 16. The maximum absolute atomic E-state index is 15.2. The number of nitrogens with one attached hydrogen (secondary N) is 10. The number of hydrogen-bond acceptors (Lipinski definition) is 17. The zero-order valence-electron chi connectivity index (χ0n) is 53.9. The van der Waals surface area contributed by atoms with Gasteiger partial charge in [0.05, 0.1) is 44.3 Å². The minimum atomic E-state index is -2.15. The molecule has 13 unspecified atom stereocenters. The molecule has 93 heavy (non-hydrogen) atoms. The first-order valence-electron chi connectivity index (χ1n) is 31.6. The number of nitrogens with zero attached hydrogens (tertiary/aromatic N) is 2. The van der Waals surface area contributed by atoms with E-state index in [2.05, 4.69) is 56.4 Å². The molecule has 0 aromatic rings. The molecule has 3 rings (SSSR count). The van der Waals surface area contributed by atoms with Crippen LogP contribution in [0.4, 0.5) is 0 Å². The Morgan fingerprint density at radius 2 is 1.12 bits per heavy atom. The third-order valence-electron chi connectivity index (χ3n) is 16.3. The highest BCUT2D eigenvalue weighted by molar-refractivity contribution is 6.01. The molecule has 0 bridgehead atoms. The van der Waals surface area contributed by atoms with Crippen molar-refractivity contribution in [1.29, 1.82) is 0 Å². The van der Waals surface area contributed by atoms with Crippen molar-refractivity contribution in [1.82, 2.24) is 63.0 Å². The van der Waals surface area contributed by atoms with Gasteiger partial charge in [-0.05, 0) is 77.6 Å². The van der Waals surface area contributed by atoms with Crippen LogP contribution in [0.2, 0.25) is 0 Å². The second kappa shape index (κ2) is 38.9. The van der Waals surface area contributed by atoms with Crippen molar-refractivity contribution in [2.75, 3.05) is 26.2 Å². The Kier molecular flexibility index (Phi) is 32.8. The number of piperidine rings is 1. The van der Waals surface area contributed by atoms with Crippen LogP contribution in [-0.2, 0) is 76.7 Å². The van der Waals surface area contributed by atoms with E-state index in [1.165, 1.54) is 25.2 Å². The summed E-state index contributed by atoms with van der Waals surface area (Å²) in [7, 11) is 0. The summed E-state index contributed by atoms with van der Waals surface area (Å²) in [6, 6.07) is -18.5. The maximum atomic E-state index is 15.2. The van der Waals surface area contributed by atoms with Crippen molar-refractivity contribution < 1.29 is 97.1 Å². The van der Waals surface area contributed by atoms with E-state index < -0.39 is 205 Å². The summed E-state index contributed by atoms with van der Waals surface area (Å²) >= 11 is 0. The van der Waals surface area contributed by atoms with Gasteiger partial charge in [-0.1, -0.05) is 78.4 Å². The third-order valence-corrected chi connectivity index (χ3v) is 16.3. The van der Waals surface area contributed by atoms with Crippen LogP contribution in [-0.4, -0.2) is 218 Å². The molecule has 3 aliphatic heterocycles. The highest BCUT2D eigenvalue weighted by Gasteiger charge is 2.45. The normalized spacial score (nSPS) is 25.3. The number of fused-ring (bicyclic) bond motifs is 2. The van der Waals surface area contributed by atoms with Crippen molar-refractivity contribution in [3.05, 3.63) is 12.2 Å². The third kappa shape index (κ3) is 26.0. The van der Waals surface area contributed by atoms with Crippen LogP contribution in [0.25, 0.3) is 0 Å². The number of rotatable bonds is 24. The lowest BCUT2D eigenvalue weighted by molar-refractivity contribution is -0.150. The Morgan fingerprint density at radius 3 is 1.69 bits per heavy atom. The average molecular weight is 1320 g/mol. The molecule has 0 aromatic heterocycles. The second-order valence-corrected chi connectivity index (χ2v) is 24.3. The lowest BCUT2D eigenvalue weighted by Gasteiger charge is -2.39. The van der Waals surface area contributed by atoms with Crippen LogP contribution < -0.4 is 58.9 Å². The van der Waals surface area contributed by atoms with Crippen molar-refractivity contribution in [3.63, 3.8) is 0 Å². The molecule has 33 nitrogen and oxygen atoms in total. The van der Waals surface area contributed by atoms with E-state index in [9.17, 15) is 92.3 Å². The van der Waals surface area contributed by atoms with E-state index in [0.29, 0.717) is 12.3 Å². The Morgan fingerprint density at radius 1 is 0.591 bits per heavy atom. The lowest BCUT2D eigenvalue weighted by atomic mass is 9.96. The molecule has 3 fully saturated rings. The van der Waals surface area contributed by atoms with Crippen molar-refractivity contribution >= 4 is 94.8 Å².